The monoisotopic (exact) mass is 246 g/mol. The molecule has 18 heavy (non-hydrogen) atoms. The third-order valence-corrected chi connectivity index (χ3v) is 4.25. The molecule has 0 radical (unpaired) electrons. The van der Waals surface area contributed by atoms with Crippen LogP contribution in [0.2, 0.25) is 0 Å². The number of aryl methyl sites for hydroxylation is 3. The van der Waals surface area contributed by atoms with E-state index in [1.807, 2.05) is 0 Å². The Labute approximate surface area is 111 Å². The highest BCUT2D eigenvalue weighted by molar-refractivity contribution is 5.38. The van der Waals surface area contributed by atoms with Crippen LogP contribution >= 0.6 is 0 Å². The van der Waals surface area contributed by atoms with Crippen molar-refractivity contribution in [2.24, 2.45) is 5.73 Å². The number of likely N-dealkylation sites (N-methyl/N-ethyl adjacent to an activating group) is 1. The van der Waals surface area contributed by atoms with E-state index in [9.17, 15) is 0 Å². The fraction of sp³-hybridized carbons (Fsp3) is 0.625. The first-order valence-corrected chi connectivity index (χ1v) is 7.12. The van der Waals surface area contributed by atoms with E-state index >= 15 is 0 Å². The summed E-state index contributed by atoms with van der Waals surface area (Å²) in [4.78, 5) is 2.58. The summed E-state index contributed by atoms with van der Waals surface area (Å²) in [5.74, 6) is 0. The van der Waals surface area contributed by atoms with Gasteiger partial charge in [0.15, 0.2) is 0 Å². The van der Waals surface area contributed by atoms with E-state index < -0.39 is 0 Å². The normalized spacial score (nSPS) is 17.2. The lowest BCUT2D eigenvalue weighted by atomic mass is 9.94. The molecule has 1 unspecified atom stereocenters. The summed E-state index contributed by atoms with van der Waals surface area (Å²) in [7, 11) is 0. The molecular weight excluding hydrogens is 220 g/mol. The van der Waals surface area contributed by atoms with Gasteiger partial charge >= 0.3 is 0 Å². The van der Waals surface area contributed by atoms with Crippen LogP contribution in [-0.4, -0.2) is 24.0 Å². The standard InChI is InChI=1S/C16H26N2/c1-5-18(14-6-7-14)16(10-17)15-9-12(3)11(2)8-13(15)4/h8-9,14,16H,5-7,10,17H2,1-4H3. The Bertz CT molecular complexity index is 421. The fourth-order valence-electron chi connectivity index (χ4n) is 2.92. The van der Waals surface area contributed by atoms with Crippen LogP contribution in [0.3, 0.4) is 0 Å². The first-order chi connectivity index (χ1) is 8.58. The molecule has 100 valence electrons. The highest BCUT2D eigenvalue weighted by Crippen LogP contribution is 2.35. The SMILES string of the molecule is CCN(C1CC1)C(CN)c1cc(C)c(C)cc1C. The zero-order valence-corrected chi connectivity index (χ0v) is 12.2. The van der Waals surface area contributed by atoms with Gasteiger partial charge in [0.2, 0.25) is 0 Å². The van der Waals surface area contributed by atoms with Gasteiger partial charge in [-0.25, -0.2) is 0 Å². The van der Waals surface area contributed by atoms with Crippen LogP contribution in [0.5, 0.6) is 0 Å². The van der Waals surface area contributed by atoms with Crippen molar-refractivity contribution in [2.75, 3.05) is 13.1 Å². The van der Waals surface area contributed by atoms with E-state index in [2.05, 4.69) is 44.7 Å². The molecule has 0 heterocycles. The molecule has 1 aromatic rings. The number of hydrogen-bond acceptors (Lipinski definition) is 2. The van der Waals surface area contributed by atoms with Crippen LogP contribution in [0, 0.1) is 20.8 Å². The topological polar surface area (TPSA) is 29.3 Å². The minimum absolute atomic E-state index is 0.391. The van der Waals surface area contributed by atoms with Gasteiger partial charge in [0.25, 0.3) is 0 Å². The summed E-state index contributed by atoms with van der Waals surface area (Å²) in [6.07, 6.45) is 2.68. The third kappa shape index (κ3) is 2.60. The molecule has 1 fully saturated rings. The largest absolute Gasteiger partial charge is 0.329 e. The molecular formula is C16H26N2. The van der Waals surface area contributed by atoms with Gasteiger partial charge in [-0.1, -0.05) is 19.1 Å². The Hall–Kier alpha value is -0.860. The Morgan fingerprint density at radius 2 is 1.78 bits per heavy atom. The van der Waals surface area contributed by atoms with Crippen LogP contribution in [0.25, 0.3) is 0 Å². The highest BCUT2D eigenvalue weighted by atomic mass is 15.2. The van der Waals surface area contributed by atoms with E-state index in [0.717, 1.165) is 12.6 Å². The Kier molecular flexibility index (Phi) is 4.08. The second-order valence-electron chi connectivity index (χ2n) is 5.61. The van der Waals surface area contributed by atoms with Crippen LogP contribution < -0.4 is 5.73 Å². The molecule has 0 aliphatic heterocycles. The quantitative estimate of drug-likeness (QED) is 0.865. The van der Waals surface area contributed by atoms with E-state index in [1.165, 1.54) is 35.1 Å². The summed E-state index contributed by atoms with van der Waals surface area (Å²) < 4.78 is 0. The highest BCUT2D eigenvalue weighted by Gasteiger charge is 2.33. The molecule has 2 nitrogen and oxygen atoms in total. The van der Waals surface area contributed by atoms with Gasteiger partial charge in [-0.3, -0.25) is 4.90 Å². The van der Waals surface area contributed by atoms with Gasteiger partial charge in [0.05, 0.1) is 0 Å². The van der Waals surface area contributed by atoms with Gasteiger partial charge < -0.3 is 5.73 Å². The van der Waals surface area contributed by atoms with Crippen molar-refractivity contribution in [3.8, 4) is 0 Å². The van der Waals surface area contributed by atoms with E-state index in [0.29, 0.717) is 12.6 Å². The lowest BCUT2D eigenvalue weighted by Gasteiger charge is -2.31. The molecule has 1 aliphatic rings. The van der Waals surface area contributed by atoms with Crippen molar-refractivity contribution in [3.63, 3.8) is 0 Å². The summed E-state index contributed by atoms with van der Waals surface area (Å²) >= 11 is 0. The number of nitrogens with zero attached hydrogens (tertiary/aromatic N) is 1. The molecule has 0 aromatic heterocycles. The second kappa shape index (κ2) is 5.41. The minimum Gasteiger partial charge on any atom is -0.329 e. The van der Waals surface area contributed by atoms with Crippen LogP contribution in [0.1, 0.15) is 48.1 Å². The molecule has 0 spiro atoms. The maximum atomic E-state index is 6.06. The van der Waals surface area contributed by atoms with Crippen molar-refractivity contribution >= 4 is 0 Å². The van der Waals surface area contributed by atoms with Crippen molar-refractivity contribution < 1.29 is 0 Å². The van der Waals surface area contributed by atoms with E-state index in [-0.39, 0.29) is 0 Å². The van der Waals surface area contributed by atoms with Crippen molar-refractivity contribution in [2.45, 2.75) is 52.6 Å². The molecule has 2 N–H and O–H groups in total. The Morgan fingerprint density at radius 1 is 1.17 bits per heavy atom. The molecule has 2 heteroatoms. The van der Waals surface area contributed by atoms with Gasteiger partial charge in [0.1, 0.15) is 0 Å². The summed E-state index contributed by atoms with van der Waals surface area (Å²) in [5.41, 5.74) is 11.6. The third-order valence-electron chi connectivity index (χ3n) is 4.25. The number of nitrogens with two attached hydrogens (primary N) is 1. The predicted octanol–water partition coefficient (Wildman–Crippen LogP) is 3.10. The smallest absolute Gasteiger partial charge is 0.0475 e. The molecule has 1 saturated carbocycles. The molecule has 0 amide bonds. The number of hydrogen-bond donors (Lipinski definition) is 1. The Balaban J connectivity index is 2.34. The summed E-state index contributed by atoms with van der Waals surface area (Å²) in [6.45, 7) is 10.6. The first-order valence-electron chi connectivity index (χ1n) is 7.12. The van der Waals surface area contributed by atoms with Crippen LogP contribution in [-0.2, 0) is 0 Å². The summed E-state index contributed by atoms with van der Waals surface area (Å²) in [5, 5.41) is 0. The minimum atomic E-state index is 0.391. The maximum Gasteiger partial charge on any atom is 0.0475 e. The van der Waals surface area contributed by atoms with Gasteiger partial charge in [-0.05, 0) is 62.4 Å². The molecule has 0 bridgehead atoms. The average Bonchev–Trinajstić information content (AvgIpc) is 3.15. The van der Waals surface area contributed by atoms with Crippen LogP contribution in [0.15, 0.2) is 12.1 Å². The molecule has 0 saturated heterocycles. The van der Waals surface area contributed by atoms with Gasteiger partial charge in [-0.2, -0.15) is 0 Å². The predicted molar refractivity (Wildman–Crippen MR) is 77.9 cm³/mol. The lowest BCUT2D eigenvalue weighted by molar-refractivity contribution is 0.201. The number of benzene rings is 1. The van der Waals surface area contributed by atoms with Crippen molar-refractivity contribution in [1.29, 1.82) is 0 Å². The zero-order chi connectivity index (χ0) is 13.3. The fourth-order valence-corrected chi connectivity index (χ4v) is 2.92. The van der Waals surface area contributed by atoms with Crippen LogP contribution in [0.4, 0.5) is 0 Å². The van der Waals surface area contributed by atoms with Crippen molar-refractivity contribution in [3.05, 3.63) is 34.4 Å². The van der Waals surface area contributed by atoms with Gasteiger partial charge in [-0.15, -0.1) is 0 Å². The van der Waals surface area contributed by atoms with E-state index in [1.54, 1.807) is 0 Å². The maximum absolute atomic E-state index is 6.06. The zero-order valence-electron chi connectivity index (χ0n) is 12.2. The second-order valence-corrected chi connectivity index (χ2v) is 5.61. The number of rotatable bonds is 5. The van der Waals surface area contributed by atoms with Gasteiger partial charge in [0, 0.05) is 18.6 Å². The van der Waals surface area contributed by atoms with E-state index in [4.69, 9.17) is 5.73 Å². The van der Waals surface area contributed by atoms with Crippen molar-refractivity contribution in [1.82, 2.24) is 4.90 Å². The average molecular weight is 246 g/mol. The molecule has 2 rings (SSSR count). The lowest BCUT2D eigenvalue weighted by Crippen LogP contribution is -2.35. The molecule has 1 aromatic carbocycles. The Morgan fingerprint density at radius 3 is 2.28 bits per heavy atom. The summed E-state index contributed by atoms with van der Waals surface area (Å²) in [6, 6.07) is 5.80. The molecule has 1 atom stereocenters. The molecule has 1 aliphatic carbocycles. The first kappa shape index (κ1) is 13.6.